The van der Waals surface area contributed by atoms with E-state index in [9.17, 15) is 13.2 Å². The van der Waals surface area contributed by atoms with Gasteiger partial charge in [0.1, 0.15) is 5.82 Å². The highest BCUT2D eigenvalue weighted by atomic mass is 19.3. The first-order valence-electron chi connectivity index (χ1n) is 5.53. The number of benzene rings is 1. The highest BCUT2D eigenvalue weighted by Crippen LogP contribution is 2.30. The summed E-state index contributed by atoms with van der Waals surface area (Å²) in [6.45, 7) is 4.28. The predicted octanol–water partition coefficient (Wildman–Crippen LogP) is 3.69. The number of nitrogens with one attached hydrogen (secondary N) is 1. The molecule has 1 aromatic rings. The fourth-order valence-corrected chi connectivity index (χ4v) is 1.65. The number of allylic oxidation sites excluding steroid dienone is 3. The molecule has 0 aliphatic heterocycles. The molecule has 1 aromatic carbocycles. The monoisotopic (exact) mass is 265 g/mol. The Bertz CT molecular complexity index is 560. The molecule has 0 amide bonds. The Morgan fingerprint density at radius 3 is 2.47 bits per heavy atom. The van der Waals surface area contributed by atoms with Gasteiger partial charge >= 0.3 is 0 Å². The van der Waals surface area contributed by atoms with E-state index in [1.165, 1.54) is 12.1 Å². The Kier molecular flexibility index (Phi) is 4.44. The molecule has 0 unspecified atom stereocenters. The summed E-state index contributed by atoms with van der Waals surface area (Å²) in [5, 5.41) is 2.74. The molecular formula is C15H14F3N. The van der Waals surface area contributed by atoms with E-state index in [1.54, 1.807) is 7.05 Å². The van der Waals surface area contributed by atoms with Crippen molar-refractivity contribution >= 4 is 5.57 Å². The van der Waals surface area contributed by atoms with Crippen molar-refractivity contribution in [3.63, 3.8) is 0 Å². The lowest BCUT2D eigenvalue weighted by atomic mass is 9.99. The minimum atomic E-state index is -3.13. The van der Waals surface area contributed by atoms with Crippen LogP contribution in [0.15, 0.2) is 36.6 Å². The van der Waals surface area contributed by atoms with Crippen molar-refractivity contribution in [1.29, 1.82) is 0 Å². The van der Waals surface area contributed by atoms with E-state index < -0.39 is 17.3 Å². The summed E-state index contributed by atoms with van der Waals surface area (Å²) in [6.07, 6.45) is 6.70. The number of hydrogen-bond donors (Lipinski definition) is 1. The SMILES string of the molecule is C#C/C(NC)=C(/C=C)c1cc(F)cc(C(C)(F)F)c1. The van der Waals surface area contributed by atoms with Crippen molar-refractivity contribution in [3.8, 4) is 12.3 Å². The fourth-order valence-electron chi connectivity index (χ4n) is 1.65. The van der Waals surface area contributed by atoms with E-state index in [0.717, 1.165) is 12.1 Å². The Balaban J connectivity index is 3.52. The van der Waals surface area contributed by atoms with Gasteiger partial charge in [-0.15, -0.1) is 6.42 Å². The minimum Gasteiger partial charge on any atom is -0.381 e. The van der Waals surface area contributed by atoms with Crippen LogP contribution in [-0.4, -0.2) is 7.05 Å². The third-order valence-electron chi connectivity index (χ3n) is 2.58. The maximum atomic E-state index is 13.5. The van der Waals surface area contributed by atoms with Crippen molar-refractivity contribution in [3.05, 3.63) is 53.5 Å². The number of rotatable bonds is 4. The zero-order chi connectivity index (χ0) is 14.6. The van der Waals surface area contributed by atoms with Crippen molar-refractivity contribution in [2.45, 2.75) is 12.8 Å². The van der Waals surface area contributed by atoms with Crippen LogP contribution in [0.1, 0.15) is 18.1 Å². The third kappa shape index (κ3) is 3.41. The number of alkyl halides is 2. The van der Waals surface area contributed by atoms with E-state index in [2.05, 4.69) is 17.8 Å². The lowest BCUT2D eigenvalue weighted by Crippen LogP contribution is -2.10. The van der Waals surface area contributed by atoms with Crippen LogP contribution >= 0.6 is 0 Å². The summed E-state index contributed by atoms with van der Waals surface area (Å²) in [5.74, 6) is -1.51. The van der Waals surface area contributed by atoms with E-state index in [4.69, 9.17) is 6.42 Å². The Labute approximate surface area is 110 Å². The average molecular weight is 265 g/mol. The van der Waals surface area contributed by atoms with Gasteiger partial charge in [0, 0.05) is 25.1 Å². The molecule has 1 rings (SSSR count). The van der Waals surface area contributed by atoms with Crippen LogP contribution in [-0.2, 0) is 5.92 Å². The Morgan fingerprint density at radius 1 is 1.42 bits per heavy atom. The molecule has 0 aliphatic rings. The van der Waals surface area contributed by atoms with E-state index in [-0.39, 0.29) is 5.56 Å². The van der Waals surface area contributed by atoms with Crippen molar-refractivity contribution < 1.29 is 13.2 Å². The molecule has 100 valence electrons. The summed E-state index contributed by atoms with van der Waals surface area (Å²) in [6, 6.07) is 3.15. The smallest absolute Gasteiger partial charge is 0.270 e. The number of halogens is 3. The highest BCUT2D eigenvalue weighted by Gasteiger charge is 2.25. The van der Waals surface area contributed by atoms with Crippen molar-refractivity contribution in [1.82, 2.24) is 5.32 Å². The normalized spacial score (nSPS) is 12.4. The topological polar surface area (TPSA) is 12.0 Å². The maximum Gasteiger partial charge on any atom is 0.270 e. The van der Waals surface area contributed by atoms with Crippen LogP contribution in [0.3, 0.4) is 0 Å². The molecule has 1 N–H and O–H groups in total. The molecule has 0 bridgehead atoms. The number of terminal acetylenes is 1. The molecule has 0 atom stereocenters. The molecule has 0 saturated heterocycles. The maximum absolute atomic E-state index is 13.5. The third-order valence-corrected chi connectivity index (χ3v) is 2.58. The van der Waals surface area contributed by atoms with E-state index in [0.29, 0.717) is 18.2 Å². The van der Waals surface area contributed by atoms with E-state index >= 15 is 0 Å². The molecule has 0 aromatic heterocycles. The lowest BCUT2D eigenvalue weighted by molar-refractivity contribution is 0.0171. The van der Waals surface area contributed by atoms with Gasteiger partial charge in [-0.2, -0.15) is 0 Å². The first-order valence-corrected chi connectivity index (χ1v) is 5.53. The molecule has 0 fully saturated rings. The molecule has 0 radical (unpaired) electrons. The zero-order valence-corrected chi connectivity index (χ0v) is 10.7. The highest BCUT2D eigenvalue weighted by molar-refractivity contribution is 5.79. The van der Waals surface area contributed by atoms with Gasteiger partial charge in [-0.3, -0.25) is 0 Å². The van der Waals surface area contributed by atoms with Crippen LogP contribution in [0.25, 0.3) is 5.57 Å². The van der Waals surface area contributed by atoms with Crippen LogP contribution < -0.4 is 5.32 Å². The molecule has 0 saturated carbocycles. The summed E-state index contributed by atoms with van der Waals surface area (Å²) in [4.78, 5) is 0. The molecule has 1 nitrogen and oxygen atoms in total. The molecule has 4 heteroatoms. The standard InChI is InChI=1S/C15H14F3N/c1-5-13(14(6-2)19-4)10-7-11(15(3,17)18)9-12(16)8-10/h2,5,7-9,19H,1H2,3-4H3/b14-13+. The second-order valence-corrected chi connectivity index (χ2v) is 4.00. The van der Waals surface area contributed by atoms with Gasteiger partial charge in [-0.25, -0.2) is 13.2 Å². The molecule has 0 spiro atoms. The quantitative estimate of drug-likeness (QED) is 0.646. The van der Waals surface area contributed by atoms with Gasteiger partial charge in [0.15, 0.2) is 0 Å². The van der Waals surface area contributed by atoms with Crippen molar-refractivity contribution in [2.24, 2.45) is 0 Å². The summed E-state index contributed by atoms with van der Waals surface area (Å²) in [5.41, 5.74) is 0.601. The Hall–Kier alpha value is -2.15. The second-order valence-electron chi connectivity index (χ2n) is 4.00. The Morgan fingerprint density at radius 2 is 2.05 bits per heavy atom. The first kappa shape index (κ1) is 14.9. The summed E-state index contributed by atoms with van der Waals surface area (Å²) >= 11 is 0. The van der Waals surface area contributed by atoms with Crippen molar-refractivity contribution in [2.75, 3.05) is 7.05 Å². The van der Waals surface area contributed by atoms with Gasteiger partial charge in [-0.05, 0) is 23.8 Å². The molecule has 0 heterocycles. The van der Waals surface area contributed by atoms with Crippen LogP contribution in [0.5, 0.6) is 0 Å². The summed E-state index contributed by atoms with van der Waals surface area (Å²) in [7, 11) is 1.59. The number of hydrogen-bond acceptors (Lipinski definition) is 1. The predicted molar refractivity (Wildman–Crippen MR) is 71.0 cm³/mol. The van der Waals surface area contributed by atoms with Crippen LogP contribution in [0.4, 0.5) is 13.2 Å². The van der Waals surface area contributed by atoms with Gasteiger partial charge in [0.05, 0.1) is 5.70 Å². The van der Waals surface area contributed by atoms with Crippen LogP contribution in [0.2, 0.25) is 0 Å². The van der Waals surface area contributed by atoms with Crippen LogP contribution in [0, 0.1) is 18.2 Å². The largest absolute Gasteiger partial charge is 0.381 e. The van der Waals surface area contributed by atoms with Gasteiger partial charge in [-0.1, -0.05) is 18.6 Å². The van der Waals surface area contributed by atoms with Gasteiger partial charge in [0.2, 0.25) is 0 Å². The van der Waals surface area contributed by atoms with Gasteiger partial charge < -0.3 is 5.32 Å². The fraction of sp³-hybridized carbons (Fsp3) is 0.200. The molecule has 0 aliphatic carbocycles. The summed E-state index contributed by atoms with van der Waals surface area (Å²) < 4.78 is 40.0. The molecular weight excluding hydrogens is 251 g/mol. The first-order chi connectivity index (χ1) is 8.83. The van der Waals surface area contributed by atoms with Gasteiger partial charge in [0.25, 0.3) is 5.92 Å². The lowest BCUT2D eigenvalue weighted by Gasteiger charge is -2.14. The zero-order valence-electron chi connectivity index (χ0n) is 10.7. The van der Waals surface area contributed by atoms with E-state index in [1.807, 2.05) is 0 Å². The average Bonchev–Trinajstić information content (AvgIpc) is 2.33. The second kappa shape index (κ2) is 5.66. The minimum absolute atomic E-state index is 0.258. The molecule has 19 heavy (non-hydrogen) atoms.